The number of alkyl halides is 1. The summed E-state index contributed by atoms with van der Waals surface area (Å²) in [4.78, 5) is 39.5. The molecule has 1 aliphatic rings. The first-order valence-electron chi connectivity index (χ1n) is 8.77. The minimum atomic E-state index is -2.41. The highest BCUT2D eigenvalue weighted by Gasteiger charge is 2.53. The molecule has 1 unspecified atom stereocenters. The summed E-state index contributed by atoms with van der Waals surface area (Å²) in [6.45, 7) is 7.07. The van der Waals surface area contributed by atoms with Gasteiger partial charge in [-0.05, 0) is 13.0 Å². The lowest BCUT2D eigenvalue weighted by atomic mass is 10.0. The van der Waals surface area contributed by atoms with Crippen molar-refractivity contribution in [1.29, 1.82) is 0 Å². The maximum absolute atomic E-state index is 15.6. The van der Waals surface area contributed by atoms with E-state index in [1.807, 2.05) is 0 Å². The van der Waals surface area contributed by atoms with Crippen molar-refractivity contribution in [2.45, 2.75) is 46.5 Å². The van der Waals surface area contributed by atoms with Crippen molar-refractivity contribution in [3.8, 4) is 0 Å². The van der Waals surface area contributed by atoms with E-state index in [-0.39, 0.29) is 11.6 Å². The van der Waals surface area contributed by atoms with Crippen LogP contribution in [0.3, 0.4) is 0 Å². The van der Waals surface area contributed by atoms with Gasteiger partial charge in [0.2, 0.25) is 11.9 Å². The number of carbonyl (C=O) groups excluding carboxylic acids is 2. The van der Waals surface area contributed by atoms with Gasteiger partial charge in [0.25, 0.3) is 0 Å². The first-order valence-corrected chi connectivity index (χ1v) is 8.77. The zero-order chi connectivity index (χ0) is 21.2. The zero-order valence-corrected chi connectivity index (χ0v) is 16.4. The van der Waals surface area contributed by atoms with E-state index in [4.69, 9.17) is 19.9 Å². The highest BCUT2D eigenvalue weighted by atomic mass is 19.1. The molecule has 0 amide bonds. The van der Waals surface area contributed by atoms with Gasteiger partial charge in [0.05, 0.1) is 11.8 Å². The van der Waals surface area contributed by atoms with Crippen molar-refractivity contribution in [3.05, 3.63) is 34.3 Å². The second kappa shape index (κ2) is 7.99. The van der Waals surface area contributed by atoms with Crippen molar-refractivity contribution in [3.63, 3.8) is 0 Å². The molecule has 154 valence electrons. The average Bonchev–Trinajstić information content (AvgIpc) is 2.83. The Balaban J connectivity index is 2.41. The molecule has 0 aliphatic carbocycles. The SMILES string of the molecule is CC(C)C(=O)OCC1=C(OC(=O)C(C)C)C(C)(F)[C@H](n2ccc(N)nc2=O)O1. The molecule has 1 aliphatic heterocycles. The summed E-state index contributed by atoms with van der Waals surface area (Å²) in [6.07, 6.45) is -0.297. The van der Waals surface area contributed by atoms with Gasteiger partial charge in [-0.1, -0.05) is 27.7 Å². The number of nitrogens with two attached hydrogens (primary N) is 1. The van der Waals surface area contributed by atoms with E-state index in [0.29, 0.717) is 0 Å². The predicted molar refractivity (Wildman–Crippen MR) is 96.3 cm³/mol. The van der Waals surface area contributed by atoms with Crippen molar-refractivity contribution < 1.29 is 28.2 Å². The first kappa shape index (κ1) is 21.4. The van der Waals surface area contributed by atoms with Gasteiger partial charge in [-0.3, -0.25) is 14.2 Å². The molecule has 0 saturated heterocycles. The Morgan fingerprint density at radius 2 is 1.93 bits per heavy atom. The molecule has 0 fully saturated rings. The minimum Gasteiger partial charge on any atom is -0.463 e. The Morgan fingerprint density at radius 1 is 1.32 bits per heavy atom. The summed E-state index contributed by atoms with van der Waals surface area (Å²) in [5.74, 6) is -2.87. The number of nitrogen functional groups attached to an aromatic ring is 1. The lowest BCUT2D eigenvalue weighted by molar-refractivity contribution is -0.147. The van der Waals surface area contributed by atoms with E-state index < -0.39 is 53.7 Å². The van der Waals surface area contributed by atoms with E-state index >= 15 is 4.39 Å². The maximum Gasteiger partial charge on any atom is 0.352 e. The van der Waals surface area contributed by atoms with Crippen LogP contribution in [-0.4, -0.2) is 33.8 Å². The Bertz CT molecular complexity index is 859. The van der Waals surface area contributed by atoms with Crippen LogP contribution in [0.4, 0.5) is 10.2 Å². The second-order valence-corrected chi connectivity index (χ2v) is 7.18. The molecule has 0 spiro atoms. The third-order valence-corrected chi connectivity index (χ3v) is 4.01. The van der Waals surface area contributed by atoms with E-state index in [2.05, 4.69) is 4.98 Å². The van der Waals surface area contributed by atoms with Crippen LogP contribution >= 0.6 is 0 Å². The fourth-order valence-electron chi connectivity index (χ4n) is 2.38. The molecule has 2 rings (SSSR count). The Labute approximate surface area is 161 Å². The van der Waals surface area contributed by atoms with Crippen LogP contribution in [0.1, 0.15) is 40.8 Å². The molecule has 1 aromatic rings. The number of ether oxygens (including phenoxy) is 3. The molecule has 0 bridgehead atoms. The standard InChI is InChI=1S/C18H24FN3O6/c1-9(2)14(23)26-8-11-13(28-15(24)10(3)4)18(5,19)16(27-11)22-7-6-12(20)21-17(22)25/h6-7,9-10,16H,8H2,1-5H3,(H2,20,21,25)/t16-,18?/m1/s1. The molecule has 9 nitrogen and oxygen atoms in total. The third-order valence-electron chi connectivity index (χ3n) is 4.01. The van der Waals surface area contributed by atoms with Gasteiger partial charge in [-0.15, -0.1) is 0 Å². The predicted octanol–water partition coefficient (Wildman–Crippen LogP) is 1.69. The summed E-state index contributed by atoms with van der Waals surface area (Å²) in [7, 11) is 0. The van der Waals surface area contributed by atoms with Crippen LogP contribution < -0.4 is 11.4 Å². The van der Waals surface area contributed by atoms with Crippen molar-refractivity contribution in [1.82, 2.24) is 9.55 Å². The Hall–Kier alpha value is -2.91. The molecular weight excluding hydrogens is 373 g/mol. The van der Waals surface area contributed by atoms with Gasteiger partial charge in [0.15, 0.2) is 18.1 Å². The fraction of sp³-hybridized carbons (Fsp3) is 0.556. The smallest absolute Gasteiger partial charge is 0.352 e. The summed E-state index contributed by atoms with van der Waals surface area (Å²) >= 11 is 0. The molecular formula is C18H24FN3O6. The largest absolute Gasteiger partial charge is 0.463 e. The Kier molecular flexibility index (Phi) is 6.10. The lowest BCUT2D eigenvalue weighted by Crippen LogP contribution is -2.38. The van der Waals surface area contributed by atoms with Gasteiger partial charge >= 0.3 is 17.6 Å². The van der Waals surface area contributed by atoms with Crippen molar-refractivity contribution in [2.24, 2.45) is 11.8 Å². The number of rotatable bonds is 6. The molecule has 2 N–H and O–H groups in total. The van der Waals surface area contributed by atoms with E-state index in [0.717, 1.165) is 11.5 Å². The van der Waals surface area contributed by atoms with Crippen LogP contribution in [0.15, 0.2) is 28.6 Å². The first-order chi connectivity index (χ1) is 12.9. The summed E-state index contributed by atoms with van der Waals surface area (Å²) < 4.78 is 32.4. The van der Waals surface area contributed by atoms with Gasteiger partial charge in [-0.2, -0.15) is 4.98 Å². The molecule has 0 aromatic carbocycles. The number of halogens is 1. The number of hydrogen-bond donors (Lipinski definition) is 1. The van der Waals surface area contributed by atoms with E-state index in [9.17, 15) is 14.4 Å². The number of hydrogen-bond acceptors (Lipinski definition) is 8. The minimum absolute atomic E-state index is 0.0367. The van der Waals surface area contributed by atoms with Gasteiger partial charge in [0, 0.05) is 6.20 Å². The quantitative estimate of drug-likeness (QED) is 0.720. The zero-order valence-electron chi connectivity index (χ0n) is 16.4. The van der Waals surface area contributed by atoms with Gasteiger partial charge in [0.1, 0.15) is 5.82 Å². The Morgan fingerprint density at radius 3 is 2.46 bits per heavy atom. The summed E-state index contributed by atoms with van der Waals surface area (Å²) in [5, 5.41) is 0. The average molecular weight is 397 g/mol. The van der Waals surface area contributed by atoms with E-state index in [1.165, 1.54) is 12.3 Å². The molecule has 1 aromatic heterocycles. The number of aromatic nitrogens is 2. The van der Waals surface area contributed by atoms with Gasteiger partial charge in [-0.25, -0.2) is 9.18 Å². The number of esters is 2. The van der Waals surface area contributed by atoms with Crippen LogP contribution in [0, 0.1) is 11.8 Å². The van der Waals surface area contributed by atoms with Crippen LogP contribution in [0.5, 0.6) is 0 Å². The lowest BCUT2D eigenvalue weighted by Gasteiger charge is -2.25. The molecule has 28 heavy (non-hydrogen) atoms. The highest BCUT2D eigenvalue weighted by Crippen LogP contribution is 2.44. The van der Waals surface area contributed by atoms with Crippen LogP contribution in [0.25, 0.3) is 0 Å². The monoisotopic (exact) mass is 397 g/mol. The summed E-state index contributed by atoms with van der Waals surface area (Å²) in [6, 6.07) is 1.30. The normalized spacial score (nSPS) is 21.8. The third kappa shape index (κ3) is 4.32. The molecule has 2 heterocycles. The second-order valence-electron chi connectivity index (χ2n) is 7.18. The molecule has 0 radical (unpaired) electrons. The van der Waals surface area contributed by atoms with Crippen molar-refractivity contribution in [2.75, 3.05) is 12.3 Å². The topological polar surface area (TPSA) is 123 Å². The van der Waals surface area contributed by atoms with Crippen molar-refractivity contribution >= 4 is 17.8 Å². The molecule has 10 heteroatoms. The molecule has 0 saturated carbocycles. The van der Waals surface area contributed by atoms with Crippen LogP contribution in [-0.2, 0) is 23.8 Å². The fourth-order valence-corrected chi connectivity index (χ4v) is 2.38. The number of carbonyl (C=O) groups is 2. The van der Waals surface area contributed by atoms with Gasteiger partial charge < -0.3 is 19.9 Å². The summed E-state index contributed by atoms with van der Waals surface area (Å²) in [5.41, 5.74) is 2.21. The highest BCUT2D eigenvalue weighted by molar-refractivity contribution is 5.73. The molecule has 2 atom stereocenters. The van der Waals surface area contributed by atoms with E-state index in [1.54, 1.807) is 27.7 Å². The van der Waals surface area contributed by atoms with Crippen LogP contribution in [0.2, 0.25) is 0 Å². The number of nitrogens with zero attached hydrogens (tertiary/aromatic N) is 2. The maximum atomic E-state index is 15.6. The number of anilines is 1.